The lowest BCUT2D eigenvalue weighted by molar-refractivity contribution is -0.187. The summed E-state index contributed by atoms with van der Waals surface area (Å²) in [5.74, 6) is -6.21. The molecule has 1 aliphatic heterocycles. The largest absolute Gasteiger partial charge is 0.481 e. The smallest absolute Gasteiger partial charge is 0.393 e. The maximum atomic E-state index is 12.9. The van der Waals surface area contributed by atoms with Gasteiger partial charge in [-0.1, -0.05) is 23.7 Å². The van der Waals surface area contributed by atoms with Gasteiger partial charge in [-0.3, -0.25) is 4.79 Å². The highest BCUT2D eigenvalue weighted by atomic mass is 35.5. The molecule has 128 valence electrons. The van der Waals surface area contributed by atoms with Gasteiger partial charge in [0.15, 0.2) is 0 Å². The van der Waals surface area contributed by atoms with Crippen molar-refractivity contribution in [1.29, 1.82) is 0 Å². The molecule has 0 spiro atoms. The molecule has 23 heavy (non-hydrogen) atoms. The van der Waals surface area contributed by atoms with Crippen molar-refractivity contribution >= 4 is 27.6 Å². The van der Waals surface area contributed by atoms with E-state index in [4.69, 9.17) is 16.7 Å². The number of benzene rings is 1. The van der Waals surface area contributed by atoms with Crippen LogP contribution in [-0.2, 0) is 20.6 Å². The number of hydrogen-bond acceptors (Lipinski definition) is 3. The van der Waals surface area contributed by atoms with Crippen LogP contribution in [0, 0.1) is 11.8 Å². The van der Waals surface area contributed by atoms with Crippen LogP contribution in [0.25, 0.3) is 0 Å². The predicted molar refractivity (Wildman–Crippen MR) is 76.3 cm³/mol. The quantitative estimate of drug-likeness (QED) is 0.881. The number of carboxylic acids is 1. The molecule has 5 nitrogen and oxygen atoms in total. The lowest BCUT2D eigenvalue weighted by Gasteiger charge is -2.18. The van der Waals surface area contributed by atoms with Gasteiger partial charge in [0.1, 0.15) is 0 Å². The van der Waals surface area contributed by atoms with Crippen molar-refractivity contribution in [3.05, 3.63) is 34.9 Å². The third-order valence-electron chi connectivity index (χ3n) is 3.66. The number of alkyl halides is 3. The first kappa shape index (κ1) is 18.0. The maximum absolute atomic E-state index is 12.9. The zero-order valence-corrected chi connectivity index (χ0v) is 13.2. The Kier molecular flexibility index (Phi) is 4.93. The van der Waals surface area contributed by atoms with Crippen molar-refractivity contribution in [2.45, 2.75) is 11.9 Å². The Labute approximate surface area is 135 Å². The van der Waals surface area contributed by atoms with Gasteiger partial charge in [0.25, 0.3) is 0 Å². The van der Waals surface area contributed by atoms with Gasteiger partial charge in [0, 0.05) is 18.1 Å². The fraction of sp³-hybridized carbons (Fsp3) is 0.462. The fourth-order valence-corrected chi connectivity index (χ4v) is 4.28. The second kappa shape index (κ2) is 6.29. The summed E-state index contributed by atoms with van der Waals surface area (Å²) < 4.78 is 63.9. The highest BCUT2D eigenvalue weighted by molar-refractivity contribution is 7.88. The molecule has 0 unspecified atom stereocenters. The average Bonchev–Trinajstić information content (AvgIpc) is 2.83. The molecule has 1 aromatic carbocycles. The second-order valence-electron chi connectivity index (χ2n) is 5.30. The number of nitrogens with zero attached hydrogens (tertiary/aromatic N) is 1. The van der Waals surface area contributed by atoms with Gasteiger partial charge in [-0.25, -0.2) is 12.7 Å². The Morgan fingerprint density at radius 1 is 1.35 bits per heavy atom. The van der Waals surface area contributed by atoms with Gasteiger partial charge in [-0.2, -0.15) is 13.2 Å². The molecule has 2 rings (SSSR count). The minimum Gasteiger partial charge on any atom is -0.481 e. The molecule has 0 amide bonds. The maximum Gasteiger partial charge on any atom is 0.393 e. The SMILES string of the molecule is O=C(O)[C@@H]1CN(S(=O)(=O)Cc2cccc(Cl)c2)C[C@H]1C(F)(F)F. The number of carboxylic acid groups (broad SMARTS) is 1. The number of halogens is 4. The Bertz CT molecular complexity index is 707. The first-order valence-corrected chi connectivity index (χ1v) is 8.51. The summed E-state index contributed by atoms with van der Waals surface area (Å²) >= 11 is 5.75. The van der Waals surface area contributed by atoms with Crippen molar-refractivity contribution in [2.75, 3.05) is 13.1 Å². The van der Waals surface area contributed by atoms with Crippen LogP contribution in [0.1, 0.15) is 5.56 Å². The standard InChI is InChI=1S/C13H13ClF3NO4S/c14-9-3-1-2-8(4-9)7-23(21,22)18-5-10(12(19)20)11(6-18)13(15,16)17/h1-4,10-11H,5-7H2,(H,19,20)/t10-,11-/m1/s1. The summed E-state index contributed by atoms with van der Waals surface area (Å²) in [5, 5.41) is 9.22. The van der Waals surface area contributed by atoms with Crippen molar-refractivity contribution in [3.8, 4) is 0 Å². The highest BCUT2D eigenvalue weighted by Gasteiger charge is 2.54. The van der Waals surface area contributed by atoms with Crippen molar-refractivity contribution in [2.24, 2.45) is 11.8 Å². The van der Waals surface area contributed by atoms with E-state index in [0.29, 0.717) is 14.9 Å². The van der Waals surface area contributed by atoms with E-state index in [1.807, 2.05) is 0 Å². The first-order valence-electron chi connectivity index (χ1n) is 6.52. The molecule has 10 heteroatoms. The van der Waals surface area contributed by atoms with Crippen molar-refractivity contribution < 1.29 is 31.5 Å². The fourth-order valence-electron chi connectivity index (χ4n) is 2.51. The summed E-state index contributed by atoms with van der Waals surface area (Å²) in [7, 11) is -4.08. The zero-order valence-electron chi connectivity index (χ0n) is 11.6. The molecule has 0 saturated carbocycles. The summed E-state index contributed by atoms with van der Waals surface area (Å²) in [6.07, 6.45) is -4.77. The molecule has 1 aromatic rings. The van der Waals surface area contributed by atoms with E-state index in [2.05, 4.69) is 0 Å². The lowest BCUT2D eigenvalue weighted by Crippen LogP contribution is -2.34. The van der Waals surface area contributed by atoms with Crippen LogP contribution in [0.4, 0.5) is 13.2 Å². The Hall–Kier alpha value is -1.32. The van der Waals surface area contributed by atoms with Gasteiger partial charge in [-0.05, 0) is 17.7 Å². The molecular weight excluding hydrogens is 359 g/mol. The average molecular weight is 372 g/mol. The van der Waals surface area contributed by atoms with Gasteiger partial charge >= 0.3 is 12.1 Å². The zero-order chi connectivity index (χ0) is 17.4. The molecule has 1 aliphatic rings. The monoisotopic (exact) mass is 371 g/mol. The number of hydrogen-bond donors (Lipinski definition) is 1. The van der Waals surface area contributed by atoms with E-state index >= 15 is 0 Å². The Balaban J connectivity index is 2.22. The van der Waals surface area contributed by atoms with Crippen molar-refractivity contribution in [3.63, 3.8) is 0 Å². The van der Waals surface area contributed by atoms with E-state index < -0.39 is 52.8 Å². The third kappa shape index (κ3) is 4.15. The molecule has 0 aromatic heterocycles. The van der Waals surface area contributed by atoms with Gasteiger partial charge in [0.05, 0.1) is 17.6 Å². The Morgan fingerprint density at radius 3 is 2.48 bits per heavy atom. The van der Waals surface area contributed by atoms with Crippen LogP contribution in [0.3, 0.4) is 0 Å². The molecule has 0 aliphatic carbocycles. The molecule has 1 fully saturated rings. The number of carbonyl (C=O) groups is 1. The number of aliphatic carboxylic acids is 1. The van der Waals surface area contributed by atoms with E-state index in [1.54, 1.807) is 0 Å². The minimum atomic E-state index is -4.77. The van der Waals surface area contributed by atoms with Gasteiger partial charge in [-0.15, -0.1) is 0 Å². The number of rotatable bonds is 4. The van der Waals surface area contributed by atoms with Gasteiger partial charge < -0.3 is 5.11 Å². The minimum absolute atomic E-state index is 0.302. The van der Waals surface area contributed by atoms with E-state index in [-0.39, 0.29) is 0 Å². The predicted octanol–water partition coefficient (Wildman–Crippen LogP) is 2.36. The Morgan fingerprint density at radius 2 is 2.00 bits per heavy atom. The molecule has 1 heterocycles. The normalized spacial score (nSPS) is 23.1. The van der Waals surface area contributed by atoms with Crippen LogP contribution in [0.5, 0.6) is 0 Å². The van der Waals surface area contributed by atoms with Crippen LogP contribution >= 0.6 is 11.6 Å². The summed E-state index contributed by atoms with van der Waals surface area (Å²) in [6.45, 7) is -1.58. The van der Waals surface area contributed by atoms with Crippen LogP contribution in [0.2, 0.25) is 5.02 Å². The van der Waals surface area contributed by atoms with Gasteiger partial charge in [0.2, 0.25) is 10.0 Å². The van der Waals surface area contributed by atoms with Crippen LogP contribution in [-0.4, -0.2) is 43.1 Å². The van der Waals surface area contributed by atoms with E-state index in [9.17, 15) is 26.4 Å². The van der Waals surface area contributed by atoms with Crippen molar-refractivity contribution in [1.82, 2.24) is 4.31 Å². The molecule has 2 atom stereocenters. The van der Waals surface area contributed by atoms with E-state index in [0.717, 1.165) is 0 Å². The topological polar surface area (TPSA) is 74.7 Å². The number of sulfonamides is 1. The summed E-state index contributed by atoms with van der Waals surface area (Å²) in [6, 6.07) is 5.93. The van der Waals surface area contributed by atoms with Crippen LogP contribution in [0.15, 0.2) is 24.3 Å². The lowest BCUT2D eigenvalue weighted by atomic mass is 9.96. The summed E-state index contributed by atoms with van der Waals surface area (Å²) in [4.78, 5) is 11.0. The molecule has 0 bridgehead atoms. The van der Waals surface area contributed by atoms with E-state index in [1.165, 1.54) is 24.3 Å². The van der Waals surface area contributed by atoms with Crippen LogP contribution < -0.4 is 0 Å². The molecule has 0 radical (unpaired) electrons. The third-order valence-corrected chi connectivity index (χ3v) is 5.67. The first-order chi connectivity index (χ1) is 10.5. The molecule has 1 N–H and O–H groups in total. The second-order valence-corrected chi connectivity index (χ2v) is 7.70. The highest BCUT2D eigenvalue weighted by Crippen LogP contribution is 2.39. The molecular formula is C13H13ClF3NO4S. The molecule has 1 saturated heterocycles. The summed E-state index contributed by atoms with van der Waals surface area (Å²) in [5.41, 5.74) is 0.319.